The van der Waals surface area contributed by atoms with Gasteiger partial charge in [-0.3, -0.25) is 0 Å². The van der Waals surface area contributed by atoms with Gasteiger partial charge in [-0.1, -0.05) is 0 Å². The number of aliphatic hydroxyl groups excluding tert-OH is 1. The Balaban J connectivity index is 2.22. The highest BCUT2D eigenvalue weighted by molar-refractivity contribution is 5.05. The number of aliphatic hydroxyl groups is 2. The third-order valence-electron chi connectivity index (χ3n) is 4.40. The molecule has 1 saturated heterocycles. The largest absolute Gasteiger partial charge is 0.396 e. The Morgan fingerprint density at radius 1 is 1.06 bits per heavy atom. The number of hydrogen-bond donors (Lipinski definition) is 2. The van der Waals surface area contributed by atoms with E-state index in [9.17, 15) is 19.0 Å². The molecule has 2 atom stereocenters. The molecule has 17 heavy (non-hydrogen) atoms. The monoisotopic (exact) mass is 250 g/mol. The Hall–Kier alpha value is -0.260. The molecule has 2 unspecified atom stereocenters. The van der Waals surface area contributed by atoms with E-state index in [1.54, 1.807) is 0 Å². The van der Waals surface area contributed by atoms with E-state index in [4.69, 9.17) is 4.74 Å². The first-order valence-electron chi connectivity index (χ1n) is 6.22. The van der Waals surface area contributed by atoms with Gasteiger partial charge in [0.05, 0.1) is 12.2 Å². The van der Waals surface area contributed by atoms with Gasteiger partial charge in [0.1, 0.15) is 0 Å². The van der Waals surface area contributed by atoms with Gasteiger partial charge in [-0.05, 0) is 19.3 Å². The van der Waals surface area contributed by atoms with Crippen LogP contribution in [-0.2, 0) is 4.74 Å². The van der Waals surface area contributed by atoms with Gasteiger partial charge in [-0.25, -0.2) is 8.78 Å². The van der Waals surface area contributed by atoms with Gasteiger partial charge in [-0.15, -0.1) is 0 Å². The smallest absolute Gasteiger partial charge is 0.248 e. The Morgan fingerprint density at radius 3 is 2.41 bits per heavy atom. The molecule has 100 valence electrons. The summed E-state index contributed by atoms with van der Waals surface area (Å²) >= 11 is 0. The maximum absolute atomic E-state index is 13.4. The lowest BCUT2D eigenvalue weighted by molar-refractivity contribution is -0.132. The van der Waals surface area contributed by atoms with Gasteiger partial charge in [0.2, 0.25) is 5.92 Å². The lowest BCUT2D eigenvalue weighted by Gasteiger charge is -2.43. The van der Waals surface area contributed by atoms with E-state index in [1.807, 2.05) is 0 Å². The van der Waals surface area contributed by atoms with Crippen LogP contribution in [0, 0.1) is 5.41 Å². The predicted octanol–water partition coefficient (Wildman–Crippen LogP) is 1.72. The third-order valence-corrected chi connectivity index (χ3v) is 4.40. The highest BCUT2D eigenvalue weighted by atomic mass is 19.3. The topological polar surface area (TPSA) is 49.7 Å². The van der Waals surface area contributed by atoms with E-state index in [0.29, 0.717) is 32.5 Å². The van der Waals surface area contributed by atoms with Crippen molar-refractivity contribution in [2.24, 2.45) is 5.41 Å². The Labute approximate surface area is 99.8 Å². The second-order valence-corrected chi connectivity index (χ2v) is 5.47. The van der Waals surface area contributed by atoms with Crippen molar-refractivity contribution in [3.63, 3.8) is 0 Å². The molecule has 0 radical (unpaired) electrons. The van der Waals surface area contributed by atoms with Crippen molar-refractivity contribution in [1.82, 2.24) is 0 Å². The molecule has 1 saturated carbocycles. The van der Waals surface area contributed by atoms with E-state index in [0.717, 1.165) is 0 Å². The summed E-state index contributed by atoms with van der Waals surface area (Å²) in [7, 11) is 0. The van der Waals surface area contributed by atoms with Crippen LogP contribution in [0.3, 0.4) is 0 Å². The number of alkyl halides is 2. The van der Waals surface area contributed by atoms with Crippen molar-refractivity contribution in [2.45, 2.75) is 50.0 Å². The fourth-order valence-electron chi connectivity index (χ4n) is 3.24. The van der Waals surface area contributed by atoms with E-state index in [2.05, 4.69) is 0 Å². The molecular weight excluding hydrogens is 230 g/mol. The lowest BCUT2D eigenvalue weighted by Crippen LogP contribution is -2.50. The second kappa shape index (κ2) is 4.44. The summed E-state index contributed by atoms with van der Waals surface area (Å²) in [5.41, 5.74) is -2.26. The van der Waals surface area contributed by atoms with Crippen LogP contribution in [0.4, 0.5) is 8.78 Å². The summed E-state index contributed by atoms with van der Waals surface area (Å²) < 4.78 is 32.1. The van der Waals surface area contributed by atoms with Crippen LogP contribution in [0.25, 0.3) is 0 Å². The Morgan fingerprint density at radius 2 is 1.82 bits per heavy atom. The molecule has 0 aromatic carbocycles. The minimum atomic E-state index is -2.76. The van der Waals surface area contributed by atoms with Gasteiger partial charge in [0.15, 0.2) is 0 Å². The lowest BCUT2D eigenvalue weighted by atomic mass is 9.67. The molecule has 0 spiro atoms. The van der Waals surface area contributed by atoms with E-state index >= 15 is 0 Å². The molecule has 1 aliphatic heterocycles. The number of hydrogen-bond acceptors (Lipinski definition) is 3. The minimum Gasteiger partial charge on any atom is -0.396 e. The van der Waals surface area contributed by atoms with Crippen LogP contribution in [0.1, 0.15) is 38.5 Å². The van der Waals surface area contributed by atoms with Crippen molar-refractivity contribution in [3.05, 3.63) is 0 Å². The molecule has 1 aliphatic carbocycles. The molecule has 0 aromatic rings. The van der Waals surface area contributed by atoms with Crippen LogP contribution in [0.15, 0.2) is 0 Å². The first-order valence-corrected chi connectivity index (χ1v) is 6.22. The molecule has 1 heterocycles. The molecule has 5 heteroatoms. The third kappa shape index (κ3) is 2.33. The second-order valence-electron chi connectivity index (χ2n) is 5.47. The summed E-state index contributed by atoms with van der Waals surface area (Å²) in [6.45, 7) is 0.559. The zero-order valence-electron chi connectivity index (χ0n) is 9.92. The summed E-state index contributed by atoms with van der Waals surface area (Å²) in [6.07, 6.45) is 0.966. The standard InChI is InChI=1S/C12H20F2O3/c13-12(14)4-3-10(8-12,9-15)11(16)2-1-6-17-7-5-11/h15-16H,1-9H2. The predicted molar refractivity (Wildman–Crippen MR) is 57.9 cm³/mol. The van der Waals surface area contributed by atoms with Gasteiger partial charge in [0, 0.05) is 37.9 Å². The molecular formula is C12H20F2O3. The normalized spacial score (nSPS) is 42.4. The molecule has 2 fully saturated rings. The van der Waals surface area contributed by atoms with Crippen molar-refractivity contribution in [1.29, 1.82) is 0 Å². The maximum atomic E-state index is 13.4. The summed E-state index contributed by atoms with van der Waals surface area (Å²) in [5, 5.41) is 20.2. The van der Waals surface area contributed by atoms with Crippen molar-refractivity contribution in [3.8, 4) is 0 Å². The first-order chi connectivity index (χ1) is 7.93. The zero-order chi connectivity index (χ0) is 12.6. The van der Waals surface area contributed by atoms with Crippen LogP contribution in [0.2, 0.25) is 0 Å². The number of rotatable bonds is 2. The minimum absolute atomic E-state index is 0.188. The fraction of sp³-hybridized carbons (Fsp3) is 1.00. The van der Waals surface area contributed by atoms with Crippen molar-refractivity contribution < 1.29 is 23.7 Å². The van der Waals surface area contributed by atoms with Crippen LogP contribution < -0.4 is 0 Å². The molecule has 2 N–H and O–H groups in total. The summed E-state index contributed by atoms with van der Waals surface area (Å²) in [4.78, 5) is 0. The first kappa shape index (κ1) is 13.2. The average molecular weight is 250 g/mol. The molecule has 0 aromatic heterocycles. The quantitative estimate of drug-likeness (QED) is 0.784. The fourth-order valence-corrected chi connectivity index (χ4v) is 3.24. The van der Waals surface area contributed by atoms with Crippen LogP contribution >= 0.6 is 0 Å². The van der Waals surface area contributed by atoms with E-state index in [1.165, 1.54) is 0 Å². The SMILES string of the molecule is OCC1(C2(O)CCCOCC2)CCC(F)(F)C1. The van der Waals surface area contributed by atoms with Crippen LogP contribution in [-0.4, -0.2) is 41.6 Å². The number of ether oxygens (including phenoxy) is 1. The van der Waals surface area contributed by atoms with E-state index < -0.39 is 23.4 Å². The molecule has 2 aliphatic rings. The summed E-state index contributed by atoms with van der Waals surface area (Å²) in [6, 6.07) is 0. The number of halogens is 2. The van der Waals surface area contributed by atoms with Gasteiger partial charge in [-0.2, -0.15) is 0 Å². The maximum Gasteiger partial charge on any atom is 0.248 e. The van der Waals surface area contributed by atoms with Crippen molar-refractivity contribution in [2.75, 3.05) is 19.8 Å². The highest BCUT2D eigenvalue weighted by Gasteiger charge is 2.59. The molecule has 0 bridgehead atoms. The van der Waals surface area contributed by atoms with Crippen molar-refractivity contribution >= 4 is 0 Å². The molecule has 0 amide bonds. The van der Waals surface area contributed by atoms with Crippen LogP contribution in [0.5, 0.6) is 0 Å². The summed E-state index contributed by atoms with van der Waals surface area (Å²) in [5.74, 6) is -2.76. The molecule has 3 nitrogen and oxygen atoms in total. The Bertz CT molecular complexity index is 275. The van der Waals surface area contributed by atoms with E-state index in [-0.39, 0.29) is 19.4 Å². The zero-order valence-corrected chi connectivity index (χ0v) is 9.92. The Kier molecular flexibility index (Phi) is 3.45. The average Bonchev–Trinajstić information content (AvgIpc) is 2.46. The van der Waals surface area contributed by atoms with Gasteiger partial charge in [0.25, 0.3) is 0 Å². The highest BCUT2D eigenvalue weighted by Crippen LogP contribution is 2.55. The van der Waals surface area contributed by atoms with Gasteiger partial charge >= 0.3 is 0 Å². The molecule has 2 rings (SSSR count). The van der Waals surface area contributed by atoms with Gasteiger partial charge < -0.3 is 14.9 Å².